The second-order valence-electron chi connectivity index (χ2n) is 3.88. The number of rotatable bonds is 5. The Labute approximate surface area is 115 Å². The number of hydrogen-bond acceptors (Lipinski definition) is 5. The zero-order valence-electron chi connectivity index (χ0n) is 10.5. The Balaban J connectivity index is 2.28. The lowest BCUT2D eigenvalue weighted by Gasteiger charge is -2.05. The molecular weight excluding hydrogens is 284 g/mol. The fraction of sp³-hybridized carbons (Fsp3) is 0.182. The highest BCUT2D eigenvalue weighted by Crippen LogP contribution is 2.13. The van der Waals surface area contributed by atoms with Crippen molar-refractivity contribution in [3.8, 4) is 0 Å². The molecule has 8 nitrogen and oxygen atoms in total. The molecule has 0 aliphatic carbocycles. The van der Waals surface area contributed by atoms with Gasteiger partial charge in [-0.05, 0) is 19.1 Å². The first kappa shape index (κ1) is 14.0. The van der Waals surface area contributed by atoms with Gasteiger partial charge in [0.05, 0.1) is 11.9 Å². The predicted molar refractivity (Wildman–Crippen MR) is 69.9 cm³/mol. The molecule has 0 saturated carbocycles. The number of nitrogens with one attached hydrogen (secondary N) is 1. The normalized spacial score (nSPS) is 11.2. The number of anilines is 1. The van der Waals surface area contributed by atoms with E-state index in [1.54, 1.807) is 4.57 Å². The summed E-state index contributed by atoms with van der Waals surface area (Å²) in [6, 6.07) is 2.41. The summed E-state index contributed by atoms with van der Waals surface area (Å²) in [5.74, 6) is -1.24. The van der Waals surface area contributed by atoms with Crippen LogP contribution in [0, 0.1) is 0 Å². The maximum atomic E-state index is 12.0. The number of imidazole rings is 1. The van der Waals surface area contributed by atoms with Gasteiger partial charge in [-0.3, -0.25) is 4.72 Å². The largest absolute Gasteiger partial charge is 0.478 e. The Morgan fingerprint density at radius 1 is 1.45 bits per heavy atom. The minimum Gasteiger partial charge on any atom is -0.478 e. The molecule has 0 fully saturated rings. The van der Waals surface area contributed by atoms with Crippen LogP contribution in [0.25, 0.3) is 0 Å². The van der Waals surface area contributed by atoms with Crippen molar-refractivity contribution in [3.05, 3.63) is 36.4 Å². The van der Waals surface area contributed by atoms with Crippen molar-refractivity contribution in [2.75, 3.05) is 4.72 Å². The number of carboxylic acids is 1. The van der Waals surface area contributed by atoms with Crippen LogP contribution in [0.3, 0.4) is 0 Å². The first-order chi connectivity index (χ1) is 9.42. The van der Waals surface area contributed by atoms with Crippen molar-refractivity contribution in [2.45, 2.75) is 18.5 Å². The van der Waals surface area contributed by atoms with E-state index in [0.29, 0.717) is 6.54 Å². The lowest BCUT2D eigenvalue weighted by Crippen LogP contribution is -2.15. The molecule has 0 spiro atoms. The van der Waals surface area contributed by atoms with E-state index in [9.17, 15) is 13.2 Å². The van der Waals surface area contributed by atoms with E-state index in [4.69, 9.17) is 5.11 Å². The van der Waals surface area contributed by atoms with Crippen LogP contribution in [0.2, 0.25) is 0 Å². The number of aromatic nitrogens is 3. The number of aromatic carboxylic acids is 1. The summed E-state index contributed by atoms with van der Waals surface area (Å²) < 4.78 is 27.9. The predicted octanol–water partition coefficient (Wildman–Crippen LogP) is 0.797. The van der Waals surface area contributed by atoms with Gasteiger partial charge in [-0.2, -0.15) is 8.42 Å². The van der Waals surface area contributed by atoms with E-state index < -0.39 is 16.0 Å². The van der Waals surface area contributed by atoms with Crippen molar-refractivity contribution in [1.82, 2.24) is 14.5 Å². The monoisotopic (exact) mass is 296 g/mol. The van der Waals surface area contributed by atoms with E-state index in [0.717, 1.165) is 6.07 Å². The maximum Gasteiger partial charge on any atom is 0.335 e. The van der Waals surface area contributed by atoms with Gasteiger partial charge in [0, 0.05) is 18.9 Å². The molecule has 0 aliphatic heterocycles. The number of carboxylic acid groups (broad SMARTS) is 1. The Morgan fingerprint density at radius 3 is 2.80 bits per heavy atom. The van der Waals surface area contributed by atoms with Crippen molar-refractivity contribution in [2.24, 2.45) is 0 Å². The molecule has 0 radical (unpaired) electrons. The smallest absolute Gasteiger partial charge is 0.335 e. The van der Waals surface area contributed by atoms with Crippen molar-refractivity contribution in [3.63, 3.8) is 0 Å². The van der Waals surface area contributed by atoms with Crippen LogP contribution in [0.4, 0.5) is 5.82 Å². The van der Waals surface area contributed by atoms with Gasteiger partial charge in [-0.1, -0.05) is 0 Å². The van der Waals surface area contributed by atoms with E-state index in [-0.39, 0.29) is 16.4 Å². The molecule has 2 rings (SSSR count). The van der Waals surface area contributed by atoms with E-state index in [2.05, 4.69) is 14.7 Å². The van der Waals surface area contributed by atoms with Gasteiger partial charge in [0.1, 0.15) is 5.82 Å². The van der Waals surface area contributed by atoms with Gasteiger partial charge in [0.15, 0.2) is 5.03 Å². The van der Waals surface area contributed by atoms with Crippen LogP contribution in [0.15, 0.2) is 35.9 Å². The number of sulfonamides is 1. The molecule has 20 heavy (non-hydrogen) atoms. The van der Waals surface area contributed by atoms with Crippen LogP contribution in [0.5, 0.6) is 0 Å². The SMILES string of the molecule is CCn1cnc(S(=O)(=O)Nc2cc(C(=O)O)ccn2)c1. The first-order valence-corrected chi connectivity index (χ1v) is 7.14. The van der Waals surface area contributed by atoms with E-state index >= 15 is 0 Å². The molecule has 2 heterocycles. The third kappa shape index (κ3) is 2.94. The number of pyridine rings is 1. The van der Waals surface area contributed by atoms with Crippen molar-refractivity contribution >= 4 is 21.8 Å². The van der Waals surface area contributed by atoms with Crippen LogP contribution in [-0.4, -0.2) is 34.0 Å². The summed E-state index contributed by atoms with van der Waals surface area (Å²) in [7, 11) is -3.88. The van der Waals surface area contributed by atoms with Gasteiger partial charge in [-0.15, -0.1) is 0 Å². The molecule has 0 aromatic carbocycles. The summed E-state index contributed by atoms with van der Waals surface area (Å²) in [5.41, 5.74) is -0.0585. The average molecular weight is 296 g/mol. The zero-order valence-corrected chi connectivity index (χ0v) is 11.3. The maximum absolute atomic E-state index is 12.0. The summed E-state index contributed by atoms with van der Waals surface area (Å²) in [6.07, 6.45) is 3.99. The third-order valence-corrected chi connectivity index (χ3v) is 3.74. The summed E-state index contributed by atoms with van der Waals surface area (Å²) in [5, 5.41) is 8.69. The van der Waals surface area contributed by atoms with E-state index in [1.165, 1.54) is 24.8 Å². The molecule has 2 aromatic rings. The topological polar surface area (TPSA) is 114 Å². The quantitative estimate of drug-likeness (QED) is 0.843. The molecule has 9 heteroatoms. The second kappa shape index (κ2) is 5.29. The highest BCUT2D eigenvalue weighted by molar-refractivity contribution is 7.92. The van der Waals surface area contributed by atoms with Crippen LogP contribution < -0.4 is 4.72 Å². The van der Waals surface area contributed by atoms with Gasteiger partial charge < -0.3 is 9.67 Å². The molecule has 106 valence electrons. The Kier molecular flexibility index (Phi) is 3.70. The lowest BCUT2D eigenvalue weighted by molar-refractivity contribution is 0.0697. The average Bonchev–Trinajstić information content (AvgIpc) is 2.88. The molecular formula is C11H12N4O4S. The van der Waals surface area contributed by atoms with Crippen LogP contribution in [-0.2, 0) is 16.6 Å². The standard InChI is InChI=1S/C11H12N4O4S/c1-2-15-6-10(13-7-15)20(18,19)14-9-5-8(11(16)17)3-4-12-9/h3-7H,2H2,1H3,(H,12,14)(H,16,17). The minimum absolute atomic E-state index is 0.0585. The Bertz CT molecular complexity index is 738. The van der Waals surface area contributed by atoms with Crippen LogP contribution >= 0.6 is 0 Å². The molecule has 0 aliphatic rings. The second-order valence-corrected chi connectivity index (χ2v) is 5.51. The van der Waals surface area contributed by atoms with Gasteiger partial charge in [0.25, 0.3) is 10.0 Å². The third-order valence-electron chi connectivity index (χ3n) is 2.50. The molecule has 0 bridgehead atoms. The highest BCUT2D eigenvalue weighted by atomic mass is 32.2. The van der Waals surface area contributed by atoms with Crippen molar-refractivity contribution in [1.29, 1.82) is 0 Å². The number of aryl methyl sites for hydroxylation is 1. The van der Waals surface area contributed by atoms with Gasteiger partial charge in [-0.25, -0.2) is 14.8 Å². The van der Waals surface area contributed by atoms with Crippen LogP contribution in [0.1, 0.15) is 17.3 Å². The summed E-state index contributed by atoms with van der Waals surface area (Å²) >= 11 is 0. The van der Waals surface area contributed by atoms with Gasteiger partial charge >= 0.3 is 5.97 Å². The molecule has 0 saturated heterocycles. The zero-order chi connectivity index (χ0) is 14.8. The van der Waals surface area contributed by atoms with Gasteiger partial charge in [0.2, 0.25) is 0 Å². The highest BCUT2D eigenvalue weighted by Gasteiger charge is 2.18. The molecule has 0 atom stereocenters. The number of hydrogen-bond donors (Lipinski definition) is 2. The molecule has 2 aromatic heterocycles. The van der Waals surface area contributed by atoms with Crippen molar-refractivity contribution < 1.29 is 18.3 Å². The molecule has 2 N–H and O–H groups in total. The fourth-order valence-electron chi connectivity index (χ4n) is 1.46. The fourth-order valence-corrected chi connectivity index (χ4v) is 2.41. The van der Waals surface area contributed by atoms with E-state index in [1.807, 2.05) is 6.92 Å². The summed E-state index contributed by atoms with van der Waals surface area (Å²) in [4.78, 5) is 18.4. The number of carbonyl (C=O) groups is 1. The summed E-state index contributed by atoms with van der Waals surface area (Å²) in [6.45, 7) is 2.44. The first-order valence-electron chi connectivity index (χ1n) is 5.66. The molecule has 0 amide bonds. The lowest BCUT2D eigenvalue weighted by atomic mass is 10.3. The molecule has 0 unspecified atom stereocenters. The Morgan fingerprint density at radius 2 is 2.20 bits per heavy atom. The minimum atomic E-state index is -3.88. The Hall–Kier alpha value is -2.42. The number of nitrogens with zero attached hydrogens (tertiary/aromatic N) is 3.